The number of carbonyl (C=O) groups excluding carboxylic acids is 1. The van der Waals surface area contributed by atoms with E-state index in [1.54, 1.807) is 4.90 Å². The molecule has 2 amide bonds. The first-order valence-corrected chi connectivity index (χ1v) is 7.97. The van der Waals surface area contributed by atoms with E-state index >= 15 is 0 Å². The predicted octanol–water partition coefficient (Wildman–Crippen LogP) is 2.66. The smallest absolute Gasteiger partial charge is 0.320 e. The molecule has 0 aliphatic carbocycles. The lowest BCUT2D eigenvalue weighted by Crippen LogP contribution is -2.43. The number of urea groups is 1. The van der Waals surface area contributed by atoms with Crippen molar-refractivity contribution in [1.29, 1.82) is 0 Å². The number of rotatable bonds is 2. The highest BCUT2D eigenvalue weighted by molar-refractivity contribution is 5.80. The lowest BCUT2D eigenvalue weighted by molar-refractivity contribution is -0.148. The Balaban J connectivity index is 1.99. The molecule has 2 heterocycles. The minimum atomic E-state index is -0.769. The Morgan fingerprint density at radius 2 is 1.90 bits per heavy atom. The molecule has 0 aromatic heterocycles. The maximum atomic E-state index is 12.6. The number of hydrogen-bond acceptors (Lipinski definition) is 2. The average molecular weight is 296 g/mol. The minimum Gasteiger partial charge on any atom is -0.481 e. The van der Waals surface area contributed by atoms with E-state index in [0.29, 0.717) is 31.8 Å². The number of aliphatic carboxylic acids is 1. The van der Waals surface area contributed by atoms with E-state index in [2.05, 4.69) is 20.8 Å². The molecule has 2 atom stereocenters. The molecule has 5 heteroatoms. The molecule has 2 fully saturated rings. The van der Waals surface area contributed by atoms with E-state index in [0.717, 1.165) is 19.5 Å². The van der Waals surface area contributed by atoms with Gasteiger partial charge in [0.2, 0.25) is 0 Å². The number of carboxylic acids is 1. The maximum Gasteiger partial charge on any atom is 0.320 e. The zero-order valence-corrected chi connectivity index (χ0v) is 13.7. The molecule has 2 aliphatic heterocycles. The molecule has 1 N–H and O–H groups in total. The van der Waals surface area contributed by atoms with Crippen LogP contribution in [0.3, 0.4) is 0 Å². The van der Waals surface area contributed by atoms with Crippen LogP contribution in [0.15, 0.2) is 0 Å². The molecular formula is C16H28N2O3. The topological polar surface area (TPSA) is 60.9 Å². The van der Waals surface area contributed by atoms with Crippen molar-refractivity contribution in [1.82, 2.24) is 9.80 Å². The van der Waals surface area contributed by atoms with Gasteiger partial charge in [-0.1, -0.05) is 27.7 Å². The fourth-order valence-electron chi connectivity index (χ4n) is 3.49. The van der Waals surface area contributed by atoms with Crippen LogP contribution in [0.25, 0.3) is 0 Å². The number of likely N-dealkylation sites (tertiary alicyclic amines) is 2. The van der Waals surface area contributed by atoms with Crippen molar-refractivity contribution < 1.29 is 14.7 Å². The highest BCUT2D eigenvalue weighted by Crippen LogP contribution is 2.37. The molecule has 0 spiro atoms. The van der Waals surface area contributed by atoms with Gasteiger partial charge in [-0.05, 0) is 30.6 Å². The van der Waals surface area contributed by atoms with Gasteiger partial charge in [0, 0.05) is 26.2 Å². The quantitative estimate of drug-likeness (QED) is 0.852. The Bertz CT molecular complexity index is 430. The normalized spacial score (nSPS) is 30.0. The van der Waals surface area contributed by atoms with Crippen molar-refractivity contribution in [2.45, 2.75) is 47.0 Å². The highest BCUT2D eigenvalue weighted by atomic mass is 16.4. The number of carbonyl (C=O) groups is 2. The number of hydrogen-bond donors (Lipinski definition) is 1. The van der Waals surface area contributed by atoms with Crippen LogP contribution in [0.4, 0.5) is 4.79 Å². The van der Waals surface area contributed by atoms with Crippen LogP contribution < -0.4 is 0 Å². The molecule has 120 valence electrons. The van der Waals surface area contributed by atoms with Crippen LogP contribution in [-0.2, 0) is 4.79 Å². The van der Waals surface area contributed by atoms with Gasteiger partial charge in [0.25, 0.3) is 0 Å². The highest BCUT2D eigenvalue weighted by Gasteiger charge is 2.46. The van der Waals surface area contributed by atoms with Crippen LogP contribution in [0.2, 0.25) is 0 Å². The Morgan fingerprint density at radius 1 is 1.24 bits per heavy atom. The summed E-state index contributed by atoms with van der Waals surface area (Å²) in [5.74, 6) is -0.242. The standard InChI is InChI=1S/C16H28N2O3/c1-5-16(13(19)20)7-9-18(11-16)14(21)17-8-6-12(10-17)15(2,3)4/h12H,5-11H2,1-4H3,(H,19,20). The number of amides is 2. The first kappa shape index (κ1) is 16.1. The maximum absolute atomic E-state index is 12.6. The average Bonchev–Trinajstić information content (AvgIpc) is 3.05. The molecule has 0 aromatic rings. The summed E-state index contributed by atoms with van der Waals surface area (Å²) in [5, 5.41) is 9.43. The summed E-state index contributed by atoms with van der Waals surface area (Å²) in [7, 11) is 0. The third kappa shape index (κ3) is 3.01. The number of nitrogens with zero attached hydrogens (tertiary/aromatic N) is 2. The summed E-state index contributed by atoms with van der Waals surface area (Å²) < 4.78 is 0. The molecule has 2 aliphatic rings. The Kier molecular flexibility index (Phi) is 4.22. The van der Waals surface area contributed by atoms with Crippen LogP contribution in [0.1, 0.15) is 47.0 Å². The summed E-state index contributed by atoms with van der Waals surface area (Å²) in [5.41, 5.74) is -0.521. The largest absolute Gasteiger partial charge is 0.481 e. The molecule has 21 heavy (non-hydrogen) atoms. The fourth-order valence-corrected chi connectivity index (χ4v) is 3.49. The van der Waals surface area contributed by atoms with Gasteiger partial charge in [-0.3, -0.25) is 4.79 Å². The first-order chi connectivity index (χ1) is 9.69. The molecular weight excluding hydrogens is 268 g/mol. The van der Waals surface area contributed by atoms with Crippen molar-refractivity contribution >= 4 is 12.0 Å². The van der Waals surface area contributed by atoms with Crippen LogP contribution in [-0.4, -0.2) is 53.1 Å². The van der Waals surface area contributed by atoms with Gasteiger partial charge >= 0.3 is 12.0 Å². The number of carboxylic acid groups (broad SMARTS) is 1. The van der Waals surface area contributed by atoms with Crippen molar-refractivity contribution in [3.63, 3.8) is 0 Å². The van der Waals surface area contributed by atoms with Gasteiger partial charge in [0.1, 0.15) is 0 Å². The molecule has 2 saturated heterocycles. The van der Waals surface area contributed by atoms with Crippen LogP contribution in [0.5, 0.6) is 0 Å². The van der Waals surface area contributed by atoms with E-state index < -0.39 is 11.4 Å². The second-order valence-electron chi connectivity index (χ2n) is 7.69. The van der Waals surface area contributed by atoms with Crippen LogP contribution in [0, 0.1) is 16.7 Å². The lowest BCUT2D eigenvalue weighted by atomic mass is 9.80. The first-order valence-electron chi connectivity index (χ1n) is 7.97. The Labute approximate surface area is 127 Å². The molecule has 5 nitrogen and oxygen atoms in total. The van der Waals surface area contributed by atoms with Gasteiger partial charge in [-0.25, -0.2) is 4.79 Å². The van der Waals surface area contributed by atoms with Gasteiger partial charge in [-0.15, -0.1) is 0 Å². The Morgan fingerprint density at radius 3 is 2.33 bits per heavy atom. The second kappa shape index (κ2) is 5.50. The molecule has 0 radical (unpaired) electrons. The van der Waals surface area contributed by atoms with Gasteiger partial charge in [0.15, 0.2) is 0 Å². The van der Waals surface area contributed by atoms with Crippen molar-refractivity contribution in [3.8, 4) is 0 Å². The van der Waals surface area contributed by atoms with Gasteiger partial charge in [-0.2, -0.15) is 0 Å². The lowest BCUT2D eigenvalue weighted by Gasteiger charge is -2.29. The zero-order valence-electron chi connectivity index (χ0n) is 13.7. The SMILES string of the molecule is CCC1(C(=O)O)CCN(C(=O)N2CCC(C(C)(C)C)C2)C1. The zero-order chi connectivity index (χ0) is 15.8. The molecule has 0 aromatic carbocycles. The third-order valence-electron chi connectivity index (χ3n) is 5.44. The van der Waals surface area contributed by atoms with E-state index in [-0.39, 0.29) is 11.4 Å². The van der Waals surface area contributed by atoms with Crippen molar-refractivity contribution in [3.05, 3.63) is 0 Å². The van der Waals surface area contributed by atoms with E-state index in [1.807, 2.05) is 11.8 Å². The summed E-state index contributed by atoms with van der Waals surface area (Å²) in [6.07, 6.45) is 2.19. The van der Waals surface area contributed by atoms with E-state index in [9.17, 15) is 14.7 Å². The summed E-state index contributed by atoms with van der Waals surface area (Å²) in [6, 6.07) is 0.0262. The van der Waals surface area contributed by atoms with E-state index in [4.69, 9.17) is 0 Å². The van der Waals surface area contributed by atoms with Gasteiger partial charge < -0.3 is 14.9 Å². The second-order valence-corrected chi connectivity index (χ2v) is 7.69. The van der Waals surface area contributed by atoms with Crippen molar-refractivity contribution in [2.75, 3.05) is 26.2 Å². The van der Waals surface area contributed by atoms with Crippen LogP contribution >= 0.6 is 0 Å². The third-order valence-corrected chi connectivity index (χ3v) is 5.44. The summed E-state index contributed by atoms with van der Waals surface area (Å²) in [4.78, 5) is 27.7. The molecule has 2 rings (SSSR count). The van der Waals surface area contributed by atoms with Crippen molar-refractivity contribution in [2.24, 2.45) is 16.7 Å². The fraction of sp³-hybridized carbons (Fsp3) is 0.875. The predicted molar refractivity (Wildman–Crippen MR) is 81.1 cm³/mol. The Hall–Kier alpha value is -1.26. The minimum absolute atomic E-state index is 0.0262. The summed E-state index contributed by atoms with van der Waals surface area (Å²) >= 11 is 0. The van der Waals surface area contributed by atoms with E-state index in [1.165, 1.54) is 0 Å². The molecule has 0 saturated carbocycles. The van der Waals surface area contributed by atoms with Gasteiger partial charge in [0.05, 0.1) is 5.41 Å². The summed E-state index contributed by atoms with van der Waals surface area (Å²) in [6.45, 7) is 11.1. The monoisotopic (exact) mass is 296 g/mol. The molecule has 2 unspecified atom stereocenters. The molecule has 0 bridgehead atoms.